The monoisotopic (exact) mass is 332 g/mol. The number of halogens is 3. The van der Waals surface area contributed by atoms with Crippen molar-refractivity contribution in [2.45, 2.75) is 51.7 Å². The van der Waals surface area contributed by atoms with Crippen molar-refractivity contribution in [2.75, 3.05) is 0 Å². The van der Waals surface area contributed by atoms with Crippen molar-refractivity contribution in [1.29, 1.82) is 0 Å². The summed E-state index contributed by atoms with van der Waals surface area (Å²) >= 11 is 0. The van der Waals surface area contributed by atoms with Gasteiger partial charge in [0.15, 0.2) is 0 Å². The van der Waals surface area contributed by atoms with Gasteiger partial charge in [-0.05, 0) is 31.9 Å². The zero-order valence-corrected chi connectivity index (χ0v) is 13.1. The lowest BCUT2D eigenvalue weighted by Crippen LogP contribution is -2.49. The maximum absolute atomic E-state index is 12.6. The highest BCUT2D eigenvalue weighted by Gasteiger charge is 2.34. The molecule has 0 fully saturated rings. The van der Waals surface area contributed by atoms with Gasteiger partial charge in [-0.15, -0.1) is 0 Å². The summed E-state index contributed by atoms with van der Waals surface area (Å²) < 4.78 is 37.8. The molecule has 1 aromatic rings. The number of carbonyl (C=O) groups excluding carboxylic acids is 1. The highest BCUT2D eigenvalue weighted by Crippen LogP contribution is 2.28. The van der Waals surface area contributed by atoms with Gasteiger partial charge in [-0.25, -0.2) is 4.98 Å². The molecule has 1 rings (SSSR count). The molecule has 0 saturated heterocycles. The van der Waals surface area contributed by atoms with Gasteiger partial charge in [-0.2, -0.15) is 13.2 Å². The number of amides is 1. The van der Waals surface area contributed by atoms with E-state index in [4.69, 9.17) is 5.11 Å². The van der Waals surface area contributed by atoms with Crippen LogP contribution in [0.25, 0.3) is 0 Å². The number of alkyl halides is 3. The van der Waals surface area contributed by atoms with E-state index in [0.29, 0.717) is 12.8 Å². The number of nitrogens with one attached hydrogen (secondary N) is 1. The van der Waals surface area contributed by atoms with Crippen LogP contribution in [0.3, 0.4) is 0 Å². The van der Waals surface area contributed by atoms with Crippen LogP contribution in [0.15, 0.2) is 12.1 Å². The summed E-state index contributed by atoms with van der Waals surface area (Å²) in [6.07, 6.45) is -4.08. The maximum Gasteiger partial charge on any atom is 0.433 e. The maximum atomic E-state index is 12.6. The van der Waals surface area contributed by atoms with Crippen LogP contribution < -0.4 is 5.32 Å². The second kappa shape index (κ2) is 6.97. The number of carbonyl (C=O) groups is 2. The number of hydrogen-bond donors (Lipinski definition) is 2. The summed E-state index contributed by atoms with van der Waals surface area (Å²) in [6, 6.07) is 1.79. The highest BCUT2D eigenvalue weighted by molar-refractivity contribution is 5.96. The van der Waals surface area contributed by atoms with Gasteiger partial charge in [-0.1, -0.05) is 13.8 Å². The van der Waals surface area contributed by atoms with Crippen LogP contribution in [0.1, 0.15) is 54.9 Å². The molecule has 1 amide bonds. The van der Waals surface area contributed by atoms with E-state index in [1.165, 1.54) is 6.92 Å². The third-order valence-corrected chi connectivity index (χ3v) is 3.84. The Morgan fingerprint density at radius 2 is 1.78 bits per heavy atom. The highest BCUT2D eigenvalue weighted by atomic mass is 19.4. The first kappa shape index (κ1) is 18.9. The van der Waals surface area contributed by atoms with Crippen molar-refractivity contribution in [3.8, 4) is 0 Å². The van der Waals surface area contributed by atoms with E-state index in [1.54, 1.807) is 13.8 Å². The summed E-state index contributed by atoms with van der Waals surface area (Å²) in [7, 11) is 0. The topological polar surface area (TPSA) is 79.3 Å². The smallest absolute Gasteiger partial charge is 0.433 e. The fourth-order valence-electron chi connectivity index (χ4n) is 2.28. The van der Waals surface area contributed by atoms with Crippen LogP contribution in [0, 0.1) is 6.92 Å². The second-order valence-corrected chi connectivity index (χ2v) is 5.34. The molecule has 5 nitrogen and oxygen atoms in total. The minimum atomic E-state index is -4.58. The van der Waals surface area contributed by atoms with Crippen molar-refractivity contribution in [3.63, 3.8) is 0 Å². The van der Waals surface area contributed by atoms with Crippen molar-refractivity contribution in [2.24, 2.45) is 0 Å². The Kier molecular flexibility index (Phi) is 5.74. The predicted molar refractivity (Wildman–Crippen MR) is 77.0 cm³/mol. The van der Waals surface area contributed by atoms with E-state index in [1.807, 2.05) is 0 Å². The molecule has 0 bridgehead atoms. The van der Waals surface area contributed by atoms with Crippen molar-refractivity contribution in [1.82, 2.24) is 10.3 Å². The Morgan fingerprint density at radius 1 is 1.22 bits per heavy atom. The molecular formula is C15H19F3N2O3. The lowest BCUT2D eigenvalue weighted by molar-refractivity contribution is -0.141. The van der Waals surface area contributed by atoms with Crippen LogP contribution >= 0.6 is 0 Å². The third-order valence-electron chi connectivity index (χ3n) is 3.84. The molecule has 2 N–H and O–H groups in total. The molecule has 0 aliphatic heterocycles. The van der Waals surface area contributed by atoms with Crippen LogP contribution in [-0.4, -0.2) is 27.5 Å². The normalized spacial score (nSPS) is 12.1. The second-order valence-electron chi connectivity index (χ2n) is 5.34. The average Bonchev–Trinajstić information content (AvgIpc) is 2.44. The van der Waals surface area contributed by atoms with E-state index in [2.05, 4.69) is 10.3 Å². The first-order valence-corrected chi connectivity index (χ1v) is 7.14. The zero-order valence-electron chi connectivity index (χ0n) is 13.1. The minimum absolute atomic E-state index is 0.00494. The number of pyridine rings is 1. The van der Waals surface area contributed by atoms with Crippen molar-refractivity contribution in [3.05, 3.63) is 29.1 Å². The molecule has 0 aliphatic carbocycles. The number of carboxylic acid groups (broad SMARTS) is 1. The number of rotatable bonds is 6. The molecule has 128 valence electrons. The lowest BCUT2D eigenvalue weighted by atomic mass is 9.88. The van der Waals surface area contributed by atoms with Gasteiger partial charge in [0, 0.05) is 0 Å². The first-order valence-electron chi connectivity index (χ1n) is 7.14. The SMILES string of the molecule is CCC(CC)(CC(=O)O)NC(=O)c1ccc(C(F)(F)F)nc1C. The van der Waals surface area contributed by atoms with E-state index in [0.717, 1.165) is 12.1 Å². The molecule has 0 aliphatic rings. The molecule has 8 heteroatoms. The van der Waals surface area contributed by atoms with Crippen molar-refractivity contribution < 1.29 is 27.9 Å². The standard InChI is InChI=1S/C15H19F3N2O3/c1-4-14(5-2,8-12(21)22)20-13(23)10-6-7-11(15(16,17)18)19-9(10)3/h6-7H,4-5,8H2,1-3H3,(H,20,23)(H,21,22). The minimum Gasteiger partial charge on any atom is -0.481 e. The van der Waals surface area contributed by atoms with Gasteiger partial charge in [0.2, 0.25) is 0 Å². The van der Waals surface area contributed by atoms with E-state index >= 15 is 0 Å². The quantitative estimate of drug-likeness (QED) is 0.838. The van der Waals surface area contributed by atoms with Crippen LogP contribution in [0.2, 0.25) is 0 Å². The average molecular weight is 332 g/mol. The summed E-state index contributed by atoms with van der Waals surface area (Å²) in [5.41, 5.74) is -2.09. The summed E-state index contributed by atoms with van der Waals surface area (Å²) in [6.45, 7) is 4.79. The van der Waals surface area contributed by atoms with Gasteiger partial charge < -0.3 is 10.4 Å². The van der Waals surface area contributed by atoms with Crippen molar-refractivity contribution >= 4 is 11.9 Å². The van der Waals surface area contributed by atoms with Crippen LogP contribution in [0.4, 0.5) is 13.2 Å². The Balaban J connectivity index is 3.07. The molecular weight excluding hydrogens is 313 g/mol. The number of aromatic nitrogens is 1. The molecule has 0 radical (unpaired) electrons. The number of aryl methyl sites for hydroxylation is 1. The number of carboxylic acids is 1. The van der Waals surface area contributed by atoms with Gasteiger partial charge in [-0.3, -0.25) is 9.59 Å². The fraction of sp³-hybridized carbons (Fsp3) is 0.533. The van der Waals surface area contributed by atoms with Crippen LogP contribution in [0.5, 0.6) is 0 Å². The first-order chi connectivity index (χ1) is 10.5. The van der Waals surface area contributed by atoms with Gasteiger partial charge >= 0.3 is 12.1 Å². The van der Waals surface area contributed by atoms with E-state index in [-0.39, 0.29) is 17.7 Å². The molecule has 0 spiro atoms. The van der Waals surface area contributed by atoms with Crippen LogP contribution in [-0.2, 0) is 11.0 Å². The molecule has 23 heavy (non-hydrogen) atoms. The molecule has 0 saturated carbocycles. The Morgan fingerprint density at radius 3 is 2.17 bits per heavy atom. The summed E-state index contributed by atoms with van der Waals surface area (Å²) in [5, 5.41) is 11.6. The summed E-state index contributed by atoms with van der Waals surface area (Å²) in [4.78, 5) is 26.7. The van der Waals surface area contributed by atoms with E-state index < -0.39 is 29.3 Å². The number of nitrogens with zero attached hydrogens (tertiary/aromatic N) is 1. The Bertz CT molecular complexity index is 596. The lowest BCUT2D eigenvalue weighted by Gasteiger charge is -2.31. The molecule has 0 atom stereocenters. The molecule has 0 unspecified atom stereocenters. The molecule has 0 aromatic carbocycles. The largest absolute Gasteiger partial charge is 0.481 e. The Hall–Kier alpha value is -2.12. The van der Waals surface area contributed by atoms with E-state index in [9.17, 15) is 22.8 Å². The summed E-state index contributed by atoms with van der Waals surface area (Å²) in [5.74, 6) is -1.69. The Labute approximate surface area is 131 Å². The molecule has 1 heterocycles. The molecule has 1 aromatic heterocycles. The third kappa shape index (κ3) is 4.67. The number of hydrogen-bond acceptors (Lipinski definition) is 3. The zero-order chi connectivity index (χ0) is 17.8. The van der Waals surface area contributed by atoms with Gasteiger partial charge in [0.1, 0.15) is 5.69 Å². The fourth-order valence-corrected chi connectivity index (χ4v) is 2.28. The number of aliphatic carboxylic acids is 1. The van der Waals surface area contributed by atoms with Gasteiger partial charge in [0.25, 0.3) is 5.91 Å². The predicted octanol–water partition coefficient (Wildman–Crippen LogP) is 3.17. The van der Waals surface area contributed by atoms with Gasteiger partial charge in [0.05, 0.1) is 23.2 Å².